The van der Waals surface area contributed by atoms with Crippen LogP contribution in [0.2, 0.25) is 0 Å². The second-order valence-corrected chi connectivity index (χ2v) is 7.35. The average Bonchev–Trinajstić information content (AvgIpc) is 2.13. The molecule has 0 heterocycles. The molecule has 0 aliphatic carbocycles. The van der Waals surface area contributed by atoms with Crippen molar-refractivity contribution in [2.75, 3.05) is 13.2 Å². The summed E-state index contributed by atoms with van der Waals surface area (Å²) < 4.78 is 8.63. The van der Waals surface area contributed by atoms with E-state index in [-0.39, 0.29) is 5.54 Å². The van der Waals surface area contributed by atoms with E-state index in [1.165, 1.54) is 0 Å². The molecule has 1 rings (SSSR count). The lowest BCUT2D eigenvalue weighted by atomic mass is 10.1. The Labute approximate surface area is 128 Å². The molecule has 0 amide bonds. The Kier molecular flexibility index (Phi) is 5.96. The highest BCUT2D eigenvalue weighted by Crippen LogP contribution is 2.36. The van der Waals surface area contributed by atoms with Crippen LogP contribution >= 0.6 is 47.8 Å². The maximum Gasteiger partial charge on any atom is 0.147 e. The topological polar surface area (TPSA) is 21.3 Å². The summed E-state index contributed by atoms with van der Waals surface area (Å²) in [6.07, 6.45) is 0. The largest absolute Gasteiger partial charge is 0.490 e. The second-order valence-electron chi connectivity index (χ2n) is 4.72. The molecule has 0 aliphatic rings. The molecule has 0 bridgehead atoms. The molecule has 0 spiro atoms. The average molecular weight is 430 g/mol. The van der Waals surface area contributed by atoms with Gasteiger partial charge in [0.1, 0.15) is 12.4 Å². The highest BCUT2D eigenvalue weighted by Gasteiger charge is 2.10. The zero-order valence-electron chi connectivity index (χ0n) is 10.1. The number of nitrogens with one attached hydrogen (secondary N) is 1. The van der Waals surface area contributed by atoms with Crippen molar-refractivity contribution >= 4 is 47.8 Å². The number of rotatable bonds is 4. The van der Waals surface area contributed by atoms with Crippen LogP contribution in [0.4, 0.5) is 0 Å². The van der Waals surface area contributed by atoms with Crippen molar-refractivity contribution in [3.63, 3.8) is 0 Å². The number of ether oxygens (including phenoxy) is 1. The number of hydrogen-bond acceptors (Lipinski definition) is 2. The molecule has 17 heavy (non-hydrogen) atoms. The molecule has 0 radical (unpaired) electrons. The fourth-order valence-electron chi connectivity index (χ4n) is 1.25. The molecule has 0 unspecified atom stereocenters. The maximum atomic E-state index is 5.74. The Morgan fingerprint density at radius 3 is 2.12 bits per heavy atom. The highest BCUT2D eigenvalue weighted by atomic mass is 79.9. The van der Waals surface area contributed by atoms with Gasteiger partial charge in [-0.25, -0.2) is 0 Å². The molecular weight excluding hydrogens is 414 g/mol. The molecule has 0 aromatic heterocycles. The lowest BCUT2D eigenvalue weighted by Crippen LogP contribution is -2.38. The standard InChI is InChI=1S/C12H16Br3NO/c1-12(2,3)16-4-5-17-11-9(14)6-8(13)7-10(11)15/h6-7,16H,4-5H2,1-3H3. The number of halogens is 3. The van der Waals surface area contributed by atoms with E-state index in [0.717, 1.165) is 25.7 Å². The third-order valence-corrected chi connectivity index (χ3v) is 3.60. The van der Waals surface area contributed by atoms with Gasteiger partial charge in [0.25, 0.3) is 0 Å². The fraction of sp³-hybridized carbons (Fsp3) is 0.500. The highest BCUT2D eigenvalue weighted by molar-refractivity contribution is 9.11. The summed E-state index contributed by atoms with van der Waals surface area (Å²) in [5, 5.41) is 3.38. The van der Waals surface area contributed by atoms with E-state index in [1.807, 2.05) is 12.1 Å². The van der Waals surface area contributed by atoms with Gasteiger partial charge in [-0.2, -0.15) is 0 Å². The minimum atomic E-state index is 0.123. The normalized spacial score (nSPS) is 11.6. The van der Waals surface area contributed by atoms with E-state index in [4.69, 9.17) is 4.74 Å². The first-order valence-corrected chi connectivity index (χ1v) is 7.70. The summed E-state index contributed by atoms with van der Waals surface area (Å²) in [6.45, 7) is 7.87. The van der Waals surface area contributed by atoms with Crippen molar-refractivity contribution in [2.45, 2.75) is 26.3 Å². The molecule has 0 atom stereocenters. The molecule has 0 aliphatic heterocycles. The van der Waals surface area contributed by atoms with Crippen molar-refractivity contribution in [3.05, 3.63) is 25.6 Å². The van der Waals surface area contributed by atoms with Crippen LogP contribution in [0.1, 0.15) is 20.8 Å². The molecule has 2 nitrogen and oxygen atoms in total. The Bertz CT molecular complexity index is 365. The smallest absolute Gasteiger partial charge is 0.147 e. The van der Waals surface area contributed by atoms with Crippen LogP contribution in [-0.4, -0.2) is 18.7 Å². The van der Waals surface area contributed by atoms with E-state index < -0.39 is 0 Å². The lowest BCUT2D eigenvalue weighted by molar-refractivity contribution is 0.288. The first-order chi connectivity index (χ1) is 7.79. The molecule has 0 saturated carbocycles. The summed E-state index contributed by atoms with van der Waals surface area (Å²) in [7, 11) is 0. The van der Waals surface area contributed by atoms with Crippen LogP contribution in [0.25, 0.3) is 0 Å². The fourth-order valence-corrected chi connectivity index (χ4v) is 3.73. The SMILES string of the molecule is CC(C)(C)NCCOc1c(Br)cc(Br)cc1Br. The second kappa shape index (κ2) is 6.55. The van der Waals surface area contributed by atoms with Gasteiger partial charge in [-0.3, -0.25) is 0 Å². The van der Waals surface area contributed by atoms with Crippen LogP contribution < -0.4 is 10.1 Å². The van der Waals surface area contributed by atoms with Crippen molar-refractivity contribution < 1.29 is 4.74 Å². The Hall–Kier alpha value is 0.420. The summed E-state index contributed by atoms with van der Waals surface area (Å²) in [5.41, 5.74) is 0.123. The molecular formula is C12H16Br3NO. The number of benzene rings is 1. The van der Waals surface area contributed by atoms with Crippen LogP contribution in [-0.2, 0) is 0 Å². The van der Waals surface area contributed by atoms with Gasteiger partial charge in [-0.1, -0.05) is 15.9 Å². The first-order valence-electron chi connectivity index (χ1n) is 5.32. The molecule has 1 aromatic rings. The van der Waals surface area contributed by atoms with Gasteiger partial charge in [0.15, 0.2) is 0 Å². The van der Waals surface area contributed by atoms with E-state index in [9.17, 15) is 0 Å². The zero-order chi connectivity index (χ0) is 13.1. The van der Waals surface area contributed by atoms with Crippen molar-refractivity contribution in [2.24, 2.45) is 0 Å². The molecule has 96 valence electrons. The third-order valence-electron chi connectivity index (χ3n) is 1.97. The van der Waals surface area contributed by atoms with Gasteiger partial charge < -0.3 is 10.1 Å². The van der Waals surface area contributed by atoms with Crippen LogP contribution in [0.5, 0.6) is 5.75 Å². The van der Waals surface area contributed by atoms with Gasteiger partial charge >= 0.3 is 0 Å². The van der Waals surface area contributed by atoms with Crippen LogP contribution in [0.3, 0.4) is 0 Å². The van der Waals surface area contributed by atoms with E-state index in [1.54, 1.807) is 0 Å². The number of hydrogen-bond donors (Lipinski definition) is 1. The van der Waals surface area contributed by atoms with E-state index in [0.29, 0.717) is 6.61 Å². The first kappa shape index (κ1) is 15.5. The Morgan fingerprint density at radius 2 is 1.65 bits per heavy atom. The molecule has 1 N–H and O–H groups in total. The van der Waals surface area contributed by atoms with Gasteiger partial charge in [-0.05, 0) is 64.8 Å². The van der Waals surface area contributed by atoms with Gasteiger partial charge in [0.05, 0.1) is 8.95 Å². The Balaban J connectivity index is 2.53. The van der Waals surface area contributed by atoms with Crippen LogP contribution in [0, 0.1) is 0 Å². The third kappa shape index (κ3) is 5.73. The summed E-state index contributed by atoms with van der Waals surface area (Å²) >= 11 is 10.4. The van der Waals surface area contributed by atoms with E-state index >= 15 is 0 Å². The van der Waals surface area contributed by atoms with Gasteiger partial charge in [-0.15, -0.1) is 0 Å². The quantitative estimate of drug-likeness (QED) is 0.698. The van der Waals surface area contributed by atoms with Crippen LogP contribution in [0.15, 0.2) is 25.6 Å². The molecule has 1 aromatic carbocycles. The lowest BCUT2D eigenvalue weighted by Gasteiger charge is -2.20. The minimum Gasteiger partial charge on any atom is -0.490 e. The molecule has 0 fully saturated rings. The molecule has 0 saturated heterocycles. The van der Waals surface area contributed by atoms with Crippen molar-refractivity contribution in [1.82, 2.24) is 5.32 Å². The van der Waals surface area contributed by atoms with Crippen molar-refractivity contribution in [3.8, 4) is 5.75 Å². The minimum absolute atomic E-state index is 0.123. The Morgan fingerprint density at radius 1 is 1.12 bits per heavy atom. The molecule has 5 heteroatoms. The van der Waals surface area contributed by atoms with E-state index in [2.05, 4.69) is 73.9 Å². The monoisotopic (exact) mass is 427 g/mol. The predicted octanol–water partition coefficient (Wildman–Crippen LogP) is 4.74. The van der Waals surface area contributed by atoms with Gasteiger partial charge in [0, 0.05) is 16.6 Å². The van der Waals surface area contributed by atoms with Crippen molar-refractivity contribution in [1.29, 1.82) is 0 Å². The summed E-state index contributed by atoms with van der Waals surface area (Å²) in [5.74, 6) is 0.837. The summed E-state index contributed by atoms with van der Waals surface area (Å²) in [6, 6.07) is 3.94. The summed E-state index contributed by atoms with van der Waals surface area (Å²) in [4.78, 5) is 0. The zero-order valence-corrected chi connectivity index (χ0v) is 14.9. The maximum absolute atomic E-state index is 5.74. The van der Waals surface area contributed by atoms with Gasteiger partial charge in [0.2, 0.25) is 0 Å². The predicted molar refractivity (Wildman–Crippen MR) is 82.8 cm³/mol.